The third-order valence-corrected chi connectivity index (χ3v) is 6.60. The Balaban J connectivity index is 1.84. The van der Waals surface area contributed by atoms with E-state index in [9.17, 15) is 13.2 Å². The highest BCUT2D eigenvalue weighted by molar-refractivity contribution is 7.77. The van der Waals surface area contributed by atoms with Crippen LogP contribution in [0.3, 0.4) is 0 Å². The molecule has 15 heteroatoms. The summed E-state index contributed by atoms with van der Waals surface area (Å²) < 4.78 is 56.2. The van der Waals surface area contributed by atoms with Crippen molar-refractivity contribution in [3.05, 3.63) is 77.1 Å². The first-order valence-corrected chi connectivity index (χ1v) is 13.6. The summed E-state index contributed by atoms with van der Waals surface area (Å²) in [4.78, 5) is 22.6. The molecule has 2 unspecified atom stereocenters. The Hall–Kier alpha value is -4.24. The van der Waals surface area contributed by atoms with Crippen molar-refractivity contribution in [2.75, 3.05) is 20.8 Å². The Kier molecular flexibility index (Phi) is 8.35. The lowest BCUT2D eigenvalue weighted by Gasteiger charge is -2.18. The van der Waals surface area contributed by atoms with Crippen molar-refractivity contribution in [2.45, 2.75) is 13.0 Å². The third-order valence-electron chi connectivity index (χ3n) is 5.89. The zero-order valence-electron chi connectivity index (χ0n) is 21.9. The van der Waals surface area contributed by atoms with Gasteiger partial charge in [-0.15, -0.1) is 0 Å². The summed E-state index contributed by atoms with van der Waals surface area (Å²) in [5, 5.41) is -0.120. The summed E-state index contributed by atoms with van der Waals surface area (Å²) in [5.41, 5.74) is 1.42. The Bertz CT molecular complexity index is 1720. The van der Waals surface area contributed by atoms with Crippen molar-refractivity contribution in [1.82, 2.24) is 34.2 Å². The SMILES string of the molecule is CCOc1cccc(-c2nc3nc(Cl)c(C(NS(=O)O)c4ccc(F)cn4)nc3n2-c2c(OC)cccc2OC)n1. The van der Waals surface area contributed by atoms with Crippen LogP contribution in [0.4, 0.5) is 4.39 Å². The Morgan fingerprint density at radius 2 is 1.78 bits per heavy atom. The van der Waals surface area contributed by atoms with Crippen LogP contribution in [0.1, 0.15) is 24.4 Å². The van der Waals surface area contributed by atoms with Crippen LogP contribution >= 0.6 is 11.6 Å². The zero-order chi connectivity index (χ0) is 29.1. The maximum atomic E-state index is 13.6. The molecule has 4 heterocycles. The van der Waals surface area contributed by atoms with Crippen molar-refractivity contribution in [1.29, 1.82) is 0 Å². The molecule has 0 radical (unpaired) electrons. The number of fused-ring (bicyclic) bond motifs is 1. The van der Waals surface area contributed by atoms with Gasteiger partial charge in [-0.3, -0.25) is 14.1 Å². The fourth-order valence-electron chi connectivity index (χ4n) is 4.19. The zero-order valence-corrected chi connectivity index (χ0v) is 23.5. The molecule has 41 heavy (non-hydrogen) atoms. The number of pyridine rings is 2. The van der Waals surface area contributed by atoms with Gasteiger partial charge in [0.15, 0.2) is 22.3 Å². The average molecular weight is 600 g/mol. The van der Waals surface area contributed by atoms with E-state index in [1.54, 1.807) is 41.0 Å². The molecule has 0 fully saturated rings. The van der Waals surface area contributed by atoms with Crippen molar-refractivity contribution < 1.29 is 27.4 Å². The first kappa shape index (κ1) is 28.3. The molecule has 0 saturated heterocycles. The van der Waals surface area contributed by atoms with Gasteiger partial charge in [-0.05, 0) is 37.3 Å². The monoisotopic (exact) mass is 599 g/mol. The Morgan fingerprint density at radius 3 is 2.41 bits per heavy atom. The van der Waals surface area contributed by atoms with Gasteiger partial charge in [-0.25, -0.2) is 28.5 Å². The van der Waals surface area contributed by atoms with Gasteiger partial charge in [0, 0.05) is 6.07 Å². The molecule has 12 nitrogen and oxygen atoms in total. The highest BCUT2D eigenvalue weighted by Crippen LogP contribution is 2.39. The molecule has 2 N–H and O–H groups in total. The minimum absolute atomic E-state index is 0.0401. The minimum Gasteiger partial charge on any atom is -0.494 e. The molecule has 0 bridgehead atoms. The molecule has 1 aromatic carbocycles. The Labute approximate surface area is 240 Å². The van der Waals surface area contributed by atoms with Crippen LogP contribution in [0.2, 0.25) is 5.15 Å². The number of halogens is 2. The van der Waals surface area contributed by atoms with E-state index in [1.165, 1.54) is 20.3 Å². The lowest BCUT2D eigenvalue weighted by atomic mass is 10.1. The van der Waals surface area contributed by atoms with Crippen LogP contribution in [0.25, 0.3) is 28.5 Å². The maximum Gasteiger partial charge on any atom is 0.232 e. The molecule has 0 spiro atoms. The van der Waals surface area contributed by atoms with Gasteiger partial charge < -0.3 is 14.2 Å². The molecule has 0 aliphatic rings. The number of para-hydroxylation sites is 1. The number of hydrogen-bond acceptors (Lipinski definition) is 9. The number of imidazole rings is 1. The molecule has 0 saturated carbocycles. The molecule has 0 aliphatic heterocycles. The van der Waals surface area contributed by atoms with E-state index in [-0.39, 0.29) is 27.8 Å². The summed E-state index contributed by atoms with van der Waals surface area (Å²) in [7, 11) is 3.02. The van der Waals surface area contributed by atoms with Gasteiger partial charge in [0.05, 0.1) is 32.7 Å². The summed E-state index contributed by atoms with van der Waals surface area (Å²) in [5.74, 6) is 0.962. The number of ether oxygens (including phenoxy) is 3. The summed E-state index contributed by atoms with van der Waals surface area (Å²) in [6.45, 7) is 2.26. The van der Waals surface area contributed by atoms with Gasteiger partial charge in [0.1, 0.15) is 40.4 Å². The first-order chi connectivity index (χ1) is 19.8. The second-order valence-electron chi connectivity index (χ2n) is 8.32. The molecule has 4 aromatic heterocycles. The number of hydrogen-bond donors (Lipinski definition) is 2. The molecule has 5 aromatic rings. The first-order valence-electron chi connectivity index (χ1n) is 12.1. The van der Waals surface area contributed by atoms with E-state index in [4.69, 9.17) is 35.8 Å². The molecule has 0 amide bonds. The normalized spacial score (nSPS) is 12.7. The second kappa shape index (κ2) is 12.1. The van der Waals surface area contributed by atoms with Crippen molar-refractivity contribution >= 4 is 34.2 Å². The summed E-state index contributed by atoms with van der Waals surface area (Å²) in [6.07, 6.45) is 0.975. The van der Waals surface area contributed by atoms with Crippen LogP contribution in [0.5, 0.6) is 17.4 Å². The quantitative estimate of drug-likeness (QED) is 0.223. The van der Waals surface area contributed by atoms with Crippen LogP contribution in [-0.4, -0.2) is 59.1 Å². The van der Waals surface area contributed by atoms with Gasteiger partial charge >= 0.3 is 0 Å². The predicted octanol–water partition coefficient (Wildman–Crippen LogP) is 4.30. The molecule has 5 rings (SSSR count). The summed E-state index contributed by atoms with van der Waals surface area (Å²) >= 11 is 4.05. The number of nitrogens with one attached hydrogen (secondary N) is 1. The molecular formula is C26H23ClFN7O5S. The fourth-order valence-corrected chi connectivity index (χ4v) is 4.85. The van der Waals surface area contributed by atoms with Crippen LogP contribution < -0.4 is 18.9 Å². The van der Waals surface area contributed by atoms with E-state index in [1.807, 2.05) is 6.92 Å². The van der Waals surface area contributed by atoms with E-state index >= 15 is 0 Å². The lowest BCUT2D eigenvalue weighted by Crippen LogP contribution is -2.26. The minimum atomic E-state index is -2.52. The number of methoxy groups -OCH3 is 2. The van der Waals surface area contributed by atoms with Crippen LogP contribution in [-0.2, 0) is 11.3 Å². The van der Waals surface area contributed by atoms with Crippen LogP contribution in [0, 0.1) is 5.82 Å². The van der Waals surface area contributed by atoms with Crippen molar-refractivity contribution in [3.8, 4) is 34.6 Å². The number of nitrogens with zero attached hydrogens (tertiary/aromatic N) is 6. The highest BCUT2D eigenvalue weighted by Gasteiger charge is 2.28. The van der Waals surface area contributed by atoms with E-state index in [0.29, 0.717) is 41.2 Å². The third kappa shape index (κ3) is 5.67. The van der Waals surface area contributed by atoms with Gasteiger partial charge in [-0.1, -0.05) is 23.7 Å². The predicted molar refractivity (Wildman–Crippen MR) is 149 cm³/mol. The molecule has 212 valence electrons. The molecular weight excluding hydrogens is 577 g/mol. The maximum absolute atomic E-state index is 13.6. The van der Waals surface area contributed by atoms with Gasteiger partial charge in [0.25, 0.3) is 0 Å². The summed E-state index contributed by atoms with van der Waals surface area (Å²) in [6, 6.07) is 11.8. The largest absolute Gasteiger partial charge is 0.494 e. The highest BCUT2D eigenvalue weighted by atomic mass is 35.5. The van der Waals surface area contributed by atoms with Gasteiger partial charge in [0.2, 0.25) is 17.1 Å². The van der Waals surface area contributed by atoms with E-state index < -0.39 is 23.1 Å². The van der Waals surface area contributed by atoms with Crippen molar-refractivity contribution in [3.63, 3.8) is 0 Å². The van der Waals surface area contributed by atoms with E-state index in [2.05, 4.69) is 19.7 Å². The fraction of sp³-hybridized carbons (Fsp3) is 0.192. The molecule has 0 aliphatic carbocycles. The number of rotatable bonds is 10. The average Bonchev–Trinajstić information content (AvgIpc) is 3.33. The lowest BCUT2D eigenvalue weighted by molar-refractivity contribution is 0.327. The Morgan fingerprint density at radius 1 is 1.05 bits per heavy atom. The standard InChI is InChI=1S/C26H23ClFN7O5S/c1-4-40-19-10-5-7-16(30-19)25-33-24-26(35(25)22-17(38-2)8-6-9-18(22)39-3)31-21(23(27)32-24)20(34-41(36)37)15-12-11-14(28)13-29-15/h5-13,20,34H,4H2,1-3H3,(H,36,37). The van der Waals surface area contributed by atoms with E-state index in [0.717, 1.165) is 12.3 Å². The smallest absolute Gasteiger partial charge is 0.232 e. The topological polar surface area (TPSA) is 146 Å². The number of benzene rings is 1. The second-order valence-corrected chi connectivity index (χ2v) is 9.42. The van der Waals surface area contributed by atoms with Crippen molar-refractivity contribution in [2.24, 2.45) is 0 Å². The van der Waals surface area contributed by atoms with Crippen LogP contribution in [0.15, 0.2) is 54.7 Å². The number of aromatic nitrogens is 6. The molecule has 2 atom stereocenters. The van der Waals surface area contributed by atoms with Gasteiger partial charge in [-0.2, -0.15) is 4.72 Å².